The topological polar surface area (TPSA) is 124 Å². The first kappa shape index (κ1) is 22.9. The SMILES string of the molecule is C[C@@H](C(N)=O)N(c1ccc(F)c(F)c1)c1nc(N)c(C(=O)c2ccc(OC(F)F)nc2)s1. The number of nitrogens with two attached hydrogens (primary N) is 2. The lowest BCUT2D eigenvalue weighted by atomic mass is 10.1. The summed E-state index contributed by atoms with van der Waals surface area (Å²) in [5, 5.41) is 0.0220. The van der Waals surface area contributed by atoms with Crippen molar-refractivity contribution in [2.75, 3.05) is 10.6 Å². The summed E-state index contributed by atoms with van der Waals surface area (Å²) >= 11 is 0.773. The maximum atomic E-state index is 13.8. The number of primary amides is 1. The molecule has 0 aliphatic carbocycles. The van der Waals surface area contributed by atoms with Gasteiger partial charge in [0.05, 0.1) is 0 Å². The Morgan fingerprint density at radius 1 is 1.16 bits per heavy atom. The van der Waals surface area contributed by atoms with Crippen LogP contribution in [-0.2, 0) is 4.79 Å². The van der Waals surface area contributed by atoms with E-state index in [0.717, 1.165) is 35.7 Å². The van der Waals surface area contributed by atoms with Crippen molar-refractivity contribution in [3.8, 4) is 5.88 Å². The number of ether oxygens (including phenoxy) is 1. The number of hydrogen-bond donors (Lipinski definition) is 2. The van der Waals surface area contributed by atoms with E-state index in [1.807, 2.05) is 0 Å². The van der Waals surface area contributed by atoms with Crippen LogP contribution >= 0.6 is 11.3 Å². The van der Waals surface area contributed by atoms with Gasteiger partial charge in [0.25, 0.3) is 0 Å². The van der Waals surface area contributed by atoms with Crippen molar-refractivity contribution in [1.82, 2.24) is 9.97 Å². The van der Waals surface area contributed by atoms with Gasteiger partial charge in [-0.2, -0.15) is 8.78 Å². The molecule has 2 heterocycles. The predicted molar refractivity (Wildman–Crippen MR) is 108 cm³/mol. The highest BCUT2D eigenvalue weighted by atomic mass is 32.1. The zero-order valence-corrected chi connectivity index (χ0v) is 17.1. The summed E-state index contributed by atoms with van der Waals surface area (Å²) in [7, 11) is 0. The van der Waals surface area contributed by atoms with Crippen molar-refractivity contribution in [2.24, 2.45) is 5.73 Å². The molecule has 13 heteroatoms. The summed E-state index contributed by atoms with van der Waals surface area (Å²) in [5.74, 6) is -4.26. The quantitative estimate of drug-likeness (QED) is 0.383. The molecule has 0 spiro atoms. The lowest BCUT2D eigenvalue weighted by Gasteiger charge is -2.26. The molecule has 1 amide bonds. The zero-order valence-electron chi connectivity index (χ0n) is 16.3. The number of nitrogens with zero attached hydrogens (tertiary/aromatic N) is 3. The molecule has 1 atom stereocenters. The van der Waals surface area contributed by atoms with Gasteiger partial charge in [0.2, 0.25) is 17.6 Å². The number of thiazole rings is 1. The fraction of sp³-hybridized carbons (Fsp3) is 0.158. The number of pyridine rings is 1. The molecular weight excluding hydrogens is 454 g/mol. The number of aromatic nitrogens is 2. The van der Waals surface area contributed by atoms with Crippen molar-refractivity contribution >= 4 is 39.7 Å². The van der Waals surface area contributed by atoms with Gasteiger partial charge in [-0.3, -0.25) is 9.59 Å². The number of hydrogen-bond acceptors (Lipinski definition) is 8. The third-order valence-corrected chi connectivity index (χ3v) is 5.31. The van der Waals surface area contributed by atoms with E-state index in [9.17, 15) is 27.2 Å². The van der Waals surface area contributed by atoms with Gasteiger partial charge in [0.1, 0.15) is 16.7 Å². The Bertz CT molecular complexity index is 1160. The third kappa shape index (κ3) is 4.77. The molecule has 0 aliphatic heterocycles. The summed E-state index contributed by atoms with van der Waals surface area (Å²) < 4.78 is 55.8. The molecule has 3 rings (SSSR count). The molecule has 0 saturated heterocycles. The second kappa shape index (κ2) is 9.18. The Labute approximate surface area is 182 Å². The minimum atomic E-state index is -3.07. The molecule has 0 aliphatic rings. The highest BCUT2D eigenvalue weighted by molar-refractivity contribution is 7.18. The fourth-order valence-electron chi connectivity index (χ4n) is 2.65. The number of carbonyl (C=O) groups is 2. The largest absolute Gasteiger partial charge is 0.417 e. The van der Waals surface area contributed by atoms with Gasteiger partial charge in [0, 0.05) is 29.6 Å². The first-order chi connectivity index (χ1) is 15.1. The molecule has 32 heavy (non-hydrogen) atoms. The van der Waals surface area contributed by atoms with Crippen molar-refractivity contribution in [2.45, 2.75) is 19.6 Å². The number of benzene rings is 1. The monoisotopic (exact) mass is 469 g/mol. The van der Waals surface area contributed by atoms with Gasteiger partial charge in [-0.05, 0) is 25.1 Å². The van der Waals surface area contributed by atoms with Crippen molar-refractivity contribution in [3.05, 3.63) is 58.6 Å². The Kier molecular flexibility index (Phi) is 6.58. The maximum Gasteiger partial charge on any atom is 0.388 e. The van der Waals surface area contributed by atoms with Crippen LogP contribution in [0.1, 0.15) is 22.2 Å². The molecule has 0 bridgehead atoms. The lowest BCUT2D eigenvalue weighted by Crippen LogP contribution is -2.40. The van der Waals surface area contributed by atoms with Crippen LogP contribution in [0.25, 0.3) is 0 Å². The molecule has 8 nitrogen and oxygen atoms in total. The molecular formula is C19H15F4N5O3S. The van der Waals surface area contributed by atoms with Gasteiger partial charge < -0.3 is 21.1 Å². The number of alkyl halides is 2. The first-order valence-electron chi connectivity index (χ1n) is 8.84. The maximum absolute atomic E-state index is 13.8. The highest BCUT2D eigenvalue weighted by Gasteiger charge is 2.28. The number of rotatable bonds is 8. The summed E-state index contributed by atoms with van der Waals surface area (Å²) in [6.07, 6.45) is 1.03. The second-order valence-electron chi connectivity index (χ2n) is 6.35. The Morgan fingerprint density at radius 3 is 2.44 bits per heavy atom. The van der Waals surface area contributed by atoms with Crippen LogP contribution in [0.3, 0.4) is 0 Å². The van der Waals surface area contributed by atoms with E-state index >= 15 is 0 Å². The third-order valence-electron chi connectivity index (χ3n) is 4.24. The molecule has 0 unspecified atom stereocenters. The molecule has 0 saturated carbocycles. The van der Waals surface area contributed by atoms with Crippen LogP contribution in [0.2, 0.25) is 0 Å². The van der Waals surface area contributed by atoms with Gasteiger partial charge in [-0.25, -0.2) is 18.7 Å². The molecule has 0 fully saturated rings. The standard InChI is InChI=1S/C19H15F4N5O3S/c1-8(17(25)30)28(10-3-4-11(20)12(21)6-10)19-27-16(24)15(32-19)14(29)9-2-5-13(26-7-9)31-18(22)23/h2-8,18H,24H2,1H3,(H2,25,30)/t8-/m0/s1. The van der Waals surface area contributed by atoms with Gasteiger partial charge in [0.15, 0.2) is 16.8 Å². The van der Waals surface area contributed by atoms with Crippen molar-refractivity contribution < 1.29 is 31.9 Å². The minimum absolute atomic E-state index is 0.0100. The van der Waals surface area contributed by atoms with Crippen LogP contribution in [0, 0.1) is 11.6 Å². The number of ketones is 1. The van der Waals surface area contributed by atoms with Gasteiger partial charge in [-0.15, -0.1) is 0 Å². The van der Waals surface area contributed by atoms with Crippen LogP contribution < -0.4 is 21.1 Å². The van der Waals surface area contributed by atoms with Crippen LogP contribution in [0.15, 0.2) is 36.5 Å². The van der Waals surface area contributed by atoms with Crippen LogP contribution in [-0.4, -0.2) is 34.3 Å². The van der Waals surface area contributed by atoms with Crippen LogP contribution in [0.4, 0.5) is 34.2 Å². The number of anilines is 3. The Hall–Kier alpha value is -3.74. The van der Waals surface area contributed by atoms with Crippen molar-refractivity contribution in [1.29, 1.82) is 0 Å². The number of carbonyl (C=O) groups excluding carboxylic acids is 2. The van der Waals surface area contributed by atoms with E-state index in [1.165, 1.54) is 24.0 Å². The van der Waals surface area contributed by atoms with Gasteiger partial charge in [-0.1, -0.05) is 11.3 Å². The highest BCUT2D eigenvalue weighted by Crippen LogP contribution is 2.36. The van der Waals surface area contributed by atoms with E-state index < -0.39 is 36.0 Å². The summed E-state index contributed by atoms with van der Waals surface area (Å²) in [6.45, 7) is -1.66. The number of halogens is 4. The molecule has 0 radical (unpaired) electrons. The number of nitrogen functional groups attached to an aromatic ring is 1. The average molecular weight is 469 g/mol. The summed E-state index contributed by atoms with van der Waals surface area (Å²) in [4.78, 5) is 33.5. The van der Waals surface area contributed by atoms with E-state index in [0.29, 0.717) is 0 Å². The molecule has 1 aromatic carbocycles. The normalized spacial score (nSPS) is 11.9. The van der Waals surface area contributed by atoms with Gasteiger partial charge >= 0.3 is 6.61 Å². The number of amides is 1. The van der Waals surface area contributed by atoms with Crippen LogP contribution in [0.5, 0.6) is 5.88 Å². The minimum Gasteiger partial charge on any atom is -0.417 e. The fourth-order valence-corrected chi connectivity index (χ4v) is 3.70. The molecule has 168 valence electrons. The average Bonchev–Trinajstić information content (AvgIpc) is 3.11. The molecule has 4 N–H and O–H groups in total. The Balaban J connectivity index is 1.98. The molecule has 3 aromatic rings. The lowest BCUT2D eigenvalue weighted by molar-refractivity contribution is -0.118. The smallest absolute Gasteiger partial charge is 0.388 e. The van der Waals surface area contributed by atoms with E-state index in [1.54, 1.807) is 0 Å². The predicted octanol–water partition coefficient (Wildman–Crippen LogP) is 3.24. The summed E-state index contributed by atoms with van der Waals surface area (Å²) in [5.41, 5.74) is 11.3. The zero-order chi connectivity index (χ0) is 23.6. The van der Waals surface area contributed by atoms with Crippen molar-refractivity contribution in [3.63, 3.8) is 0 Å². The van der Waals surface area contributed by atoms with E-state index in [4.69, 9.17) is 11.5 Å². The first-order valence-corrected chi connectivity index (χ1v) is 9.65. The second-order valence-corrected chi connectivity index (χ2v) is 7.33. The molecule has 2 aromatic heterocycles. The summed E-state index contributed by atoms with van der Waals surface area (Å²) in [6, 6.07) is 4.16. The Morgan fingerprint density at radius 2 is 1.88 bits per heavy atom. The van der Waals surface area contributed by atoms with E-state index in [-0.39, 0.29) is 33.0 Å². The van der Waals surface area contributed by atoms with E-state index in [2.05, 4.69) is 14.7 Å².